The first-order valence-corrected chi connectivity index (χ1v) is 8.66. The van der Waals surface area contributed by atoms with Crippen LogP contribution in [-0.4, -0.2) is 28.8 Å². The van der Waals surface area contributed by atoms with Gasteiger partial charge in [-0.25, -0.2) is 9.97 Å². The van der Waals surface area contributed by atoms with Crippen LogP contribution in [-0.2, 0) is 6.54 Å². The summed E-state index contributed by atoms with van der Waals surface area (Å²) in [6.07, 6.45) is 2.90. The number of nitrogens with zero attached hydrogens (tertiary/aromatic N) is 2. The van der Waals surface area contributed by atoms with Gasteiger partial charge in [0.1, 0.15) is 5.75 Å². The van der Waals surface area contributed by atoms with Crippen LogP contribution in [0.5, 0.6) is 5.75 Å². The average molecular weight is 376 g/mol. The quantitative estimate of drug-likeness (QED) is 0.613. The summed E-state index contributed by atoms with van der Waals surface area (Å²) < 4.78 is 5.13. The van der Waals surface area contributed by atoms with Gasteiger partial charge in [-0.3, -0.25) is 9.59 Å². The Bertz CT molecular complexity index is 970. The topological polar surface area (TPSA) is 93.2 Å². The average Bonchev–Trinajstić information content (AvgIpc) is 2.73. The van der Waals surface area contributed by atoms with Gasteiger partial charge in [-0.2, -0.15) is 0 Å². The molecule has 0 saturated carbocycles. The molecule has 0 bridgehead atoms. The van der Waals surface area contributed by atoms with Crippen molar-refractivity contribution >= 4 is 23.3 Å². The zero-order chi connectivity index (χ0) is 19.9. The number of ketones is 1. The molecule has 0 unspecified atom stereocenters. The van der Waals surface area contributed by atoms with Crippen LogP contribution < -0.4 is 15.4 Å². The first-order valence-electron chi connectivity index (χ1n) is 8.66. The molecule has 0 atom stereocenters. The van der Waals surface area contributed by atoms with E-state index in [1.807, 2.05) is 24.3 Å². The Morgan fingerprint density at radius 3 is 2.36 bits per heavy atom. The van der Waals surface area contributed by atoms with Crippen molar-refractivity contribution < 1.29 is 14.3 Å². The monoisotopic (exact) mass is 376 g/mol. The zero-order valence-corrected chi connectivity index (χ0v) is 15.6. The fraction of sp³-hybridized carbons (Fsp3) is 0.143. The maximum absolute atomic E-state index is 12.3. The molecule has 0 aliphatic heterocycles. The van der Waals surface area contributed by atoms with E-state index in [1.54, 1.807) is 31.4 Å². The molecule has 28 heavy (non-hydrogen) atoms. The Kier molecular flexibility index (Phi) is 5.96. The molecular weight excluding hydrogens is 356 g/mol. The van der Waals surface area contributed by atoms with Gasteiger partial charge < -0.3 is 15.4 Å². The third-order valence-corrected chi connectivity index (χ3v) is 4.05. The number of amides is 1. The number of carbonyl (C=O) groups excluding carboxylic acids is 2. The van der Waals surface area contributed by atoms with Gasteiger partial charge in [-0.05, 0) is 36.8 Å². The van der Waals surface area contributed by atoms with E-state index in [0.29, 0.717) is 29.3 Å². The second kappa shape index (κ2) is 8.77. The number of methoxy groups -OCH3 is 1. The Balaban J connectivity index is 1.59. The van der Waals surface area contributed by atoms with Crippen LogP contribution in [0.15, 0.2) is 60.9 Å². The standard InChI is InChI=1S/C21H20N4O3/c1-14(26)16-4-3-5-18(10-16)25-20(27)17-12-23-21(24-13-17)22-11-15-6-8-19(28-2)9-7-15/h3-10,12-13H,11H2,1-2H3,(H,25,27)(H,22,23,24). The summed E-state index contributed by atoms with van der Waals surface area (Å²) in [5, 5.41) is 5.84. The SMILES string of the molecule is COc1ccc(CNc2ncc(C(=O)Nc3cccc(C(C)=O)c3)cn2)cc1. The van der Waals surface area contributed by atoms with Crippen LogP contribution in [0.1, 0.15) is 33.2 Å². The van der Waals surface area contributed by atoms with Crippen LogP contribution >= 0.6 is 0 Å². The predicted octanol–water partition coefficient (Wildman–Crippen LogP) is 3.55. The van der Waals surface area contributed by atoms with E-state index in [2.05, 4.69) is 20.6 Å². The number of hydrogen-bond donors (Lipinski definition) is 2. The maximum atomic E-state index is 12.3. The Morgan fingerprint density at radius 2 is 1.71 bits per heavy atom. The molecule has 2 aromatic carbocycles. The zero-order valence-electron chi connectivity index (χ0n) is 15.6. The van der Waals surface area contributed by atoms with Crippen LogP contribution in [0, 0.1) is 0 Å². The number of ether oxygens (including phenoxy) is 1. The number of nitrogens with one attached hydrogen (secondary N) is 2. The molecule has 7 heteroatoms. The molecule has 0 saturated heterocycles. The lowest BCUT2D eigenvalue weighted by Gasteiger charge is -2.08. The minimum absolute atomic E-state index is 0.0632. The molecule has 3 rings (SSSR count). The minimum Gasteiger partial charge on any atom is -0.497 e. The fourth-order valence-electron chi connectivity index (χ4n) is 2.48. The number of rotatable bonds is 7. The number of anilines is 2. The molecule has 1 amide bonds. The Hall–Kier alpha value is -3.74. The molecule has 0 aliphatic rings. The highest BCUT2D eigenvalue weighted by Gasteiger charge is 2.09. The second-order valence-electron chi connectivity index (χ2n) is 6.09. The predicted molar refractivity (Wildman–Crippen MR) is 107 cm³/mol. The highest BCUT2D eigenvalue weighted by atomic mass is 16.5. The molecule has 0 aliphatic carbocycles. The summed E-state index contributed by atoms with van der Waals surface area (Å²) in [6.45, 7) is 2.03. The number of aromatic nitrogens is 2. The molecule has 7 nitrogen and oxygen atoms in total. The molecule has 0 fully saturated rings. The van der Waals surface area contributed by atoms with Gasteiger partial charge in [0, 0.05) is 30.2 Å². The minimum atomic E-state index is -0.345. The smallest absolute Gasteiger partial charge is 0.258 e. The van der Waals surface area contributed by atoms with Crippen molar-refractivity contribution in [2.24, 2.45) is 0 Å². The van der Waals surface area contributed by atoms with Gasteiger partial charge in [-0.1, -0.05) is 24.3 Å². The Labute approximate surface area is 162 Å². The number of Topliss-reactive ketones (excluding diaryl/α,β-unsaturated/α-hetero) is 1. The van der Waals surface area contributed by atoms with Gasteiger partial charge in [0.15, 0.2) is 5.78 Å². The highest BCUT2D eigenvalue weighted by molar-refractivity contribution is 6.04. The summed E-state index contributed by atoms with van der Waals surface area (Å²) in [5.74, 6) is 0.810. The fourth-order valence-corrected chi connectivity index (χ4v) is 2.48. The summed E-state index contributed by atoms with van der Waals surface area (Å²) in [6, 6.07) is 14.4. The molecule has 1 aromatic heterocycles. The number of hydrogen-bond acceptors (Lipinski definition) is 6. The van der Waals surface area contributed by atoms with Gasteiger partial charge in [0.05, 0.1) is 12.7 Å². The molecule has 1 heterocycles. The van der Waals surface area contributed by atoms with Crippen molar-refractivity contribution in [3.8, 4) is 5.75 Å². The lowest BCUT2D eigenvalue weighted by molar-refractivity contribution is 0.101. The molecule has 0 radical (unpaired) electrons. The summed E-state index contributed by atoms with van der Waals surface area (Å²) in [5.41, 5.74) is 2.45. The van der Waals surface area contributed by atoms with Crippen molar-refractivity contribution in [1.82, 2.24) is 9.97 Å². The second-order valence-corrected chi connectivity index (χ2v) is 6.09. The molecule has 3 aromatic rings. The van der Waals surface area contributed by atoms with E-state index >= 15 is 0 Å². The van der Waals surface area contributed by atoms with Crippen LogP contribution in [0.25, 0.3) is 0 Å². The van der Waals surface area contributed by atoms with Crippen LogP contribution in [0.3, 0.4) is 0 Å². The lowest BCUT2D eigenvalue weighted by Crippen LogP contribution is -2.13. The third kappa shape index (κ3) is 4.91. The van der Waals surface area contributed by atoms with Crippen LogP contribution in [0.2, 0.25) is 0 Å². The highest BCUT2D eigenvalue weighted by Crippen LogP contribution is 2.14. The van der Waals surface area contributed by atoms with Crippen molar-refractivity contribution in [3.05, 3.63) is 77.6 Å². The summed E-state index contributed by atoms with van der Waals surface area (Å²) in [4.78, 5) is 32.1. The number of carbonyl (C=O) groups is 2. The molecule has 2 N–H and O–H groups in total. The van der Waals surface area contributed by atoms with Crippen LogP contribution in [0.4, 0.5) is 11.6 Å². The molecule has 142 valence electrons. The summed E-state index contributed by atoms with van der Waals surface area (Å²) >= 11 is 0. The van der Waals surface area contributed by atoms with E-state index in [1.165, 1.54) is 19.3 Å². The lowest BCUT2D eigenvalue weighted by atomic mass is 10.1. The van der Waals surface area contributed by atoms with Crippen molar-refractivity contribution in [1.29, 1.82) is 0 Å². The first-order chi connectivity index (χ1) is 13.5. The van der Waals surface area contributed by atoms with Crippen molar-refractivity contribution in [3.63, 3.8) is 0 Å². The normalized spacial score (nSPS) is 10.2. The van der Waals surface area contributed by atoms with Gasteiger partial charge in [0.2, 0.25) is 5.95 Å². The number of benzene rings is 2. The maximum Gasteiger partial charge on any atom is 0.258 e. The molecule has 0 spiro atoms. The van der Waals surface area contributed by atoms with E-state index in [4.69, 9.17) is 4.74 Å². The van der Waals surface area contributed by atoms with Crippen molar-refractivity contribution in [2.75, 3.05) is 17.7 Å². The summed E-state index contributed by atoms with van der Waals surface area (Å²) in [7, 11) is 1.62. The van der Waals surface area contributed by atoms with E-state index < -0.39 is 0 Å². The van der Waals surface area contributed by atoms with Crippen molar-refractivity contribution in [2.45, 2.75) is 13.5 Å². The molecular formula is C21H20N4O3. The van der Waals surface area contributed by atoms with Gasteiger partial charge >= 0.3 is 0 Å². The third-order valence-electron chi connectivity index (χ3n) is 4.05. The Morgan fingerprint density at radius 1 is 1.00 bits per heavy atom. The van der Waals surface area contributed by atoms with Gasteiger partial charge in [-0.15, -0.1) is 0 Å². The van der Waals surface area contributed by atoms with E-state index in [0.717, 1.165) is 11.3 Å². The van der Waals surface area contributed by atoms with Gasteiger partial charge in [0.25, 0.3) is 5.91 Å². The largest absolute Gasteiger partial charge is 0.497 e. The van der Waals surface area contributed by atoms with E-state index in [9.17, 15) is 9.59 Å². The van der Waals surface area contributed by atoms with E-state index in [-0.39, 0.29) is 11.7 Å². The first kappa shape index (κ1) is 19.0.